The summed E-state index contributed by atoms with van der Waals surface area (Å²) < 4.78 is 4.91. The Morgan fingerprint density at radius 1 is 1.24 bits per heavy atom. The molecular weight excluding hydrogens is 274 g/mol. The maximum absolute atomic E-state index is 11.8. The molecule has 0 fully saturated rings. The Morgan fingerprint density at radius 2 is 1.95 bits per heavy atom. The summed E-state index contributed by atoms with van der Waals surface area (Å²) in [4.78, 5) is 23.1. The Bertz CT molecular complexity index is 706. The molecular formula is C14H15N3O4. The first-order valence-corrected chi connectivity index (χ1v) is 6.38. The second kappa shape index (κ2) is 5.74. The monoisotopic (exact) mass is 289 g/mol. The zero-order chi connectivity index (χ0) is 15.6. The second-order valence-corrected chi connectivity index (χ2v) is 4.53. The molecule has 1 aromatic carbocycles. The molecule has 0 unspecified atom stereocenters. The number of ether oxygens (including phenoxy) is 1. The Balaban J connectivity index is 2.58. The highest BCUT2D eigenvalue weighted by molar-refractivity contribution is 5.96. The predicted molar refractivity (Wildman–Crippen MR) is 74.2 cm³/mol. The van der Waals surface area contributed by atoms with Gasteiger partial charge in [0, 0.05) is 5.56 Å². The summed E-state index contributed by atoms with van der Waals surface area (Å²) in [5.41, 5.74) is 2.47. The van der Waals surface area contributed by atoms with Crippen LogP contribution >= 0.6 is 0 Å². The number of H-pyrrole nitrogens is 1. The Morgan fingerprint density at radius 3 is 2.57 bits per heavy atom. The van der Waals surface area contributed by atoms with Crippen molar-refractivity contribution in [1.82, 2.24) is 15.4 Å². The molecule has 0 atom stereocenters. The molecule has 21 heavy (non-hydrogen) atoms. The van der Waals surface area contributed by atoms with Crippen LogP contribution in [0.2, 0.25) is 0 Å². The number of aryl methyl sites for hydroxylation is 2. The van der Waals surface area contributed by atoms with Crippen LogP contribution in [0.25, 0.3) is 11.3 Å². The van der Waals surface area contributed by atoms with Crippen LogP contribution in [0.15, 0.2) is 12.1 Å². The molecule has 0 aliphatic carbocycles. The van der Waals surface area contributed by atoms with Crippen LogP contribution in [-0.2, 0) is 4.74 Å². The minimum atomic E-state index is -1.03. The predicted octanol–water partition coefficient (Wildman–Crippen LogP) is 1.96. The van der Waals surface area contributed by atoms with Crippen LogP contribution in [0.5, 0.6) is 0 Å². The number of carbonyl (C=O) groups is 2. The van der Waals surface area contributed by atoms with E-state index in [0.29, 0.717) is 11.1 Å². The lowest BCUT2D eigenvalue weighted by Gasteiger charge is -2.09. The summed E-state index contributed by atoms with van der Waals surface area (Å²) in [7, 11) is 0. The van der Waals surface area contributed by atoms with Gasteiger partial charge in [0.1, 0.15) is 5.69 Å². The number of esters is 1. The van der Waals surface area contributed by atoms with E-state index >= 15 is 0 Å². The van der Waals surface area contributed by atoms with E-state index < -0.39 is 11.9 Å². The summed E-state index contributed by atoms with van der Waals surface area (Å²) >= 11 is 0. The molecule has 0 saturated heterocycles. The standard InChI is InChI=1S/C14H15N3O4/c1-4-21-14(20)12-11(15-17-16-12)9-6-10(13(18)19)8(3)5-7(9)2/h5-6H,4H2,1-3H3,(H,18,19)(H,15,16,17). The summed E-state index contributed by atoms with van der Waals surface area (Å²) in [6.45, 7) is 5.45. The van der Waals surface area contributed by atoms with Gasteiger partial charge in [-0.3, -0.25) is 0 Å². The molecule has 2 rings (SSSR count). The zero-order valence-corrected chi connectivity index (χ0v) is 11.9. The summed E-state index contributed by atoms with van der Waals surface area (Å²) in [5.74, 6) is -1.63. The fraction of sp³-hybridized carbons (Fsp3) is 0.286. The molecule has 2 N–H and O–H groups in total. The maximum Gasteiger partial charge on any atom is 0.361 e. The second-order valence-electron chi connectivity index (χ2n) is 4.53. The van der Waals surface area contributed by atoms with Gasteiger partial charge in [0.2, 0.25) is 0 Å². The van der Waals surface area contributed by atoms with Crippen molar-refractivity contribution in [3.63, 3.8) is 0 Å². The highest BCUT2D eigenvalue weighted by atomic mass is 16.5. The van der Waals surface area contributed by atoms with Gasteiger partial charge < -0.3 is 9.84 Å². The van der Waals surface area contributed by atoms with Crippen molar-refractivity contribution in [1.29, 1.82) is 0 Å². The van der Waals surface area contributed by atoms with Crippen molar-refractivity contribution >= 4 is 11.9 Å². The van der Waals surface area contributed by atoms with E-state index in [2.05, 4.69) is 15.4 Å². The third-order valence-electron chi connectivity index (χ3n) is 3.07. The van der Waals surface area contributed by atoms with E-state index in [1.165, 1.54) is 6.07 Å². The first-order chi connectivity index (χ1) is 9.95. The number of nitrogens with zero attached hydrogens (tertiary/aromatic N) is 2. The number of carboxylic acids is 1. The van der Waals surface area contributed by atoms with E-state index in [9.17, 15) is 14.7 Å². The number of nitrogens with one attached hydrogen (secondary N) is 1. The number of benzene rings is 1. The Labute approximate surface area is 120 Å². The fourth-order valence-corrected chi connectivity index (χ4v) is 2.10. The highest BCUT2D eigenvalue weighted by Gasteiger charge is 2.22. The van der Waals surface area contributed by atoms with Gasteiger partial charge in [0.05, 0.1) is 12.2 Å². The van der Waals surface area contributed by atoms with Crippen LogP contribution in [0, 0.1) is 13.8 Å². The van der Waals surface area contributed by atoms with E-state index in [0.717, 1.165) is 5.56 Å². The molecule has 110 valence electrons. The first kappa shape index (κ1) is 14.7. The van der Waals surface area contributed by atoms with Crippen molar-refractivity contribution in [2.75, 3.05) is 6.61 Å². The average Bonchev–Trinajstić information content (AvgIpc) is 2.87. The number of carbonyl (C=O) groups excluding carboxylic acids is 1. The molecule has 0 bridgehead atoms. The van der Waals surface area contributed by atoms with E-state index in [1.54, 1.807) is 19.9 Å². The van der Waals surface area contributed by atoms with E-state index in [4.69, 9.17) is 4.74 Å². The fourth-order valence-electron chi connectivity index (χ4n) is 2.10. The van der Waals surface area contributed by atoms with E-state index in [-0.39, 0.29) is 23.6 Å². The van der Waals surface area contributed by atoms with Gasteiger partial charge in [-0.1, -0.05) is 6.07 Å². The number of aromatic amines is 1. The molecule has 0 radical (unpaired) electrons. The minimum absolute atomic E-state index is 0.0418. The topological polar surface area (TPSA) is 105 Å². The molecule has 0 saturated carbocycles. The maximum atomic E-state index is 11.8. The minimum Gasteiger partial charge on any atom is -0.478 e. The highest BCUT2D eigenvalue weighted by Crippen LogP contribution is 2.27. The quantitative estimate of drug-likeness (QED) is 0.833. The van der Waals surface area contributed by atoms with Gasteiger partial charge in [-0.15, -0.1) is 5.10 Å². The molecule has 0 amide bonds. The van der Waals surface area contributed by atoms with Crippen LogP contribution in [0.1, 0.15) is 38.9 Å². The van der Waals surface area contributed by atoms with Gasteiger partial charge >= 0.3 is 11.9 Å². The third kappa shape index (κ3) is 2.76. The largest absolute Gasteiger partial charge is 0.478 e. The number of carboxylic acid groups (broad SMARTS) is 1. The molecule has 7 heteroatoms. The number of aromatic carboxylic acids is 1. The van der Waals surface area contributed by atoms with Gasteiger partial charge in [-0.05, 0) is 38.0 Å². The van der Waals surface area contributed by atoms with E-state index in [1.807, 2.05) is 6.92 Å². The SMILES string of the molecule is CCOC(=O)c1n[nH]nc1-c1cc(C(=O)O)c(C)cc1C. The molecule has 0 spiro atoms. The lowest BCUT2D eigenvalue weighted by Crippen LogP contribution is -2.08. The van der Waals surface area contributed by atoms with Gasteiger partial charge in [-0.25, -0.2) is 9.59 Å². The van der Waals surface area contributed by atoms with Gasteiger partial charge in [0.25, 0.3) is 0 Å². The van der Waals surface area contributed by atoms with Crippen molar-refractivity contribution in [3.8, 4) is 11.3 Å². The van der Waals surface area contributed by atoms with Crippen molar-refractivity contribution in [3.05, 3.63) is 34.5 Å². The van der Waals surface area contributed by atoms with Crippen LogP contribution in [0.3, 0.4) is 0 Å². The molecule has 1 heterocycles. The lowest BCUT2D eigenvalue weighted by atomic mass is 9.97. The number of aromatic nitrogens is 3. The summed E-state index contributed by atoms with van der Waals surface area (Å²) in [5, 5.41) is 19.3. The summed E-state index contributed by atoms with van der Waals surface area (Å²) in [6, 6.07) is 3.23. The molecule has 7 nitrogen and oxygen atoms in total. The van der Waals surface area contributed by atoms with Gasteiger partial charge in [-0.2, -0.15) is 10.3 Å². The number of rotatable bonds is 4. The molecule has 1 aromatic heterocycles. The van der Waals surface area contributed by atoms with Crippen molar-refractivity contribution in [2.45, 2.75) is 20.8 Å². The Kier molecular flexibility index (Phi) is 4.02. The lowest BCUT2D eigenvalue weighted by molar-refractivity contribution is 0.0520. The van der Waals surface area contributed by atoms with Crippen LogP contribution in [-0.4, -0.2) is 39.1 Å². The van der Waals surface area contributed by atoms with Crippen LogP contribution < -0.4 is 0 Å². The third-order valence-corrected chi connectivity index (χ3v) is 3.07. The molecule has 2 aromatic rings. The molecule has 0 aliphatic rings. The number of hydrogen-bond acceptors (Lipinski definition) is 5. The smallest absolute Gasteiger partial charge is 0.361 e. The first-order valence-electron chi connectivity index (χ1n) is 6.38. The zero-order valence-electron chi connectivity index (χ0n) is 11.9. The van der Waals surface area contributed by atoms with Crippen molar-refractivity contribution in [2.24, 2.45) is 0 Å². The molecule has 0 aliphatic heterocycles. The Hall–Kier alpha value is -2.70. The normalized spacial score (nSPS) is 10.4. The van der Waals surface area contributed by atoms with Gasteiger partial charge in [0.15, 0.2) is 5.69 Å². The van der Waals surface area contributed by atoms with Crippen molar-refractivity contribution < 1.29 is 19.4 Å². The number of hydrogen-bond donors (Lipinski definition) is 2. The summed E-state index contributed by atoms with van der Waals surface area (Å²) in [6.07, 6.45) is 0. The van der Waals surface area contributed by atoms with Crippen LogP contribution in [0.4, 0.5) is 0 Å². The average molecular weight is 289 g/mol.